The topological polar surface area (TPSA) is 96.7 Å². The number of nitrogens with one attached hydrogen (secondary N) is 1. The third kappa shape index (κ3) is 4.65. The van der Waals surface area contributed by atoms with Crippen molar-refractivity contribution in [2.75, 3.05) is 16.7 Å². The summed E-state index contributed by atoms with van der Waals surface area (Å²) in [5.41, 5.74) is 5.47. The highest BCUT2D eigenvalue weighted by Gasteiger charge is 2.22. The first-order valence-electron chi connectivity index (χ1n) is 10.9. The molecule has 0 saturated carbocycles. The number of sulfonamides is 1. The van der Waals surface area contributed by atoms with Crippen LogP contribution in [0.15, 0.2) is 65.6 Å². The molecule has 0 saturated heterocycles. The number of hydrogen-bond donors (Lipinski definition) is 1. The van der Waals surface area contributed by atoms with Gasteiger partial charge in [0, 0.05) is 36.6 Å². The van der Waals surface area contributed by atoms with E-state index in [1.54, 1.807) is 40.9 Å². The lowest BCUT2D eigenvalue weighted by Gasteiger charge is -2.20. The molecule has 8 nitrogen and oxygen atoms in total. The molecular formula is C25H27N5O3S. The number of carbonyl (C=O) groups is 1. The number of aromatic nitrogens is 3. The Bertz CT molecular complexity index is 1460. The van der Waals surface area contributed by atoms with Crippen LogP contribution in [0.2, 0.25) is 0 Å². The van der Waals surface area contributed by atoms with Gasteiger partial charge in [-0.3, -0.25) is 9.10 Å². The normalized spacial score (nSPS) is 11.5. The van der Waals surface area contributed by atoms with Crippen LogP contribution in [-0.4, -0.2) is 36.0 Å². The fourth-order valence-electron chi connectivity index (χ4n) is 3.93. The minimum atomic E-state index is -3.77. The lowest BCUT2D eigenvalue weighted by molar-refractivity contribution is -0.116. The van der Waals surface area contributed by atoms with Crippen LogP contribution in [0.4, 0.5) is 11.4 Å². The average Bonchev–Trinajstić information content (AvgIpc) is 3.19. The molecule has 4 aromatic rings. The molecular weight excluding hydrogens is 450 g/mol. The van der Waals surface area contributed by atoms with E-state index in [2.05, 4.69) is 15.4 Å². The number of fused-ring (bicyclic) bond motifs is 1. The third-order valence-corrected chi connectivity index (χ3v) is 7.57. The fourth-order valence-corrected chi connectivity index (χ4v) is 5.18. The van der Waals surface area contributed by atoms with Crippen LogP contribution in [0.1, 0.15) is 29.1 Å². The summed E-state index contributed by atoms with van der Waals surface area (Å²) in [5, 5.41) is 7.29. The summed E-state index contributed by atoms with van der Waals surface area (Å²) < 4.78 is 29.1. The van der Waals surface area contributed by atoms with E-state index in [1.165, 1.54) is 23.5 Å². The maximum absolute atomic E-state index is 13.1. The highest BCUT2D eigenvalue weighted by molar-refractivity contribution is 7.92. The zero-order valence-electron chi connectivity index (χ0n) is 19.6. The first-order valence-corrected chi connectivity index (χ1v) is 12.4. The lowest BCUT2D eigenvalue weighted by atomic mass is 10.1. The number of rotatable bonds is 7. The van der Waals surface area contributed by atoms with E-state index >= 15 is 0 Å². The van der Waals surface area contributed by atoms with Crippen molar-refractivity contribution in [2.45, 2.75) is 38.5 Å². The molecule has 0 atom stereocenters. The van der Waals surface area contributed by atoms with Gasteiger partial charge in [-0.2, -0.15) is 5.10 Å². The Hall–Kier alpha value is -3.72. The Labute approximate surface area is 199 Å². The van der Waals surface area contributed by atoms with E-state index in [1.807, 2.05) is 32.9 Å². The van der Waals surface area contributed by atoms with Gasteiger partial charge in [-0.15, -0.1) is 0 Å². The molecule has 0 bridgehead atoms. The van der Waals surface area contributed by atoms with E-state index in [4.69, 9.17) is 0 Å². The number of benzene rings is 2. The summed E-state index contributed by atoms with van der Waals surface area (Å²) in [4.78, 5) is 17.4. The molecule has 176 valence electrons. The monoisotopic (exact) mass is 477 g/mol. The number of amides is 1. The van der Waals surface area contributed by atoms with E-state index in [-0.39, 0.29) is 17.2 Å². The molecule has 34 heavy (non-hydrogen) atoms. The van der Waals surface area contributed by atoms with Gasteiger partial charge in [-0.05, 0) is 63.1 Å². The van der Waals surface area contributed by atoms with Crippen molar-refractivity contribution in [3.8, 4) is 0 Å². The smallest absolute Gasteiger partial charge is 0.264 e. The van der Waals surface area contributed by atoms with Crippen LogP contribution in [0.5, 0.6) is 0 Å². The first kappa shape index (κ1) is 23.4. The van der Waals surface area contributed by atoms with E-state index in [0.717, 1.165) is 28.3 Å². The molecule has 0 aliphatic rings. The Morgan fingerprint density at radius 1 is 1.03 bits per heavy atom. The molecule has 4 rings (SSSR count). The van der Waals surface area contributed by atoms with Gasteiger partial charge in [-0.1, -0.05) is 24.3 Å². The average molecular weight is 478 g/mol. The van der Waals surface area contributed by atoms with E-state index in [9.17, 15) is 13.2 Å². The summed E-state index contributed by atoms with van der Waals surface area (Å²) >= 11 is 0. The third-order valence-electron chi connectivity index (χ3n) is 5.78. The molecule has 0 aliphatic heterocycles. The zero-order chi connectivity index (χ0) is 24.5. The molecule has 0 spiro atoms. The van der Waals surface area contributed by atoms with Crippen molar-refractivity contribution in [3.05, 3.63) is 83.3 Å². The molecule has 2 aromatic carbocycles. The van der Waals surface area contributed by atoms with Gasteiger partial charge in [0.15, 0.2) is 5.65 Å². The van der Waals surface area contributed by atoms with E-state index in [0.29, 0.717) is 17.8 Å². The summed E-state index contributed by atoms with van der Waals surface area (Å²) in [6.07, 6.45) is 0.732. The number of aryl methyl sites for hydroxylation is 3. The summed E-state index contributed by atoms with van der Waals surface area (Å²) in [5.74, 6) is -0.207. The van der Waals surface area contributed by atoms with Crippen LogP contribution in [0, 0.1) is 20.8 Å². The fraction of sp³-hybridized carbons (Fsp3) is 0.240. The van der Waals surface area contributed by atoms with Crippen molar-refractivity contribution in [2.24, 2.45) is 0 Å². The predicted molar refractivity (Wildman–Crippen MR) is 133 cm³/mol. The number of nitrogens with zero attached hydrogens (tertiary/aromatic N) is 4. The largest absolute Gasteiger partial charge is 0.326 e. The summed E-state index contributed by atoms with van der Waals surface area (Å²) in [6, 6.07) is 17.1. The molecule has 2 heterocycles. The highest BCUT2D eigenvalue weighted by Crippen LogP contribution is 2.24. The summed E-state index contributed by atoms with van der Waals surface area (Å²) in [6.45, 7) is 5.82. The van der Waals surface area contributed by atoms with Gasteiger partial charge in [0.1, 0.15) is 0 Å². The minimum Gasteiger partial charge on any atom is -0.326 e. The second kappa shape index (κ2) is 9.26. The quantitative estimate of drug-likeness (QED) is 0.433. The van der Waals surface area contributed by atoms with Crippen LogP contribution < -0.4 is 9.62 Å². The summed E-state index contributed by atoms with van der Waals surface area (Å²) in [7, 11) is -2.27. The van der Waals surface area contributed by atoms with Gasteiger partial charge in [0.2, 0.25) is 5.91 Å². The second-order valence-corrected chi connectivity index (χ2v) is 10.2. The Balaban J connectivity index is 1.47. The maximum Gasteiger partial charge on any atom is 0.264 e. The SMILES string of the molecule is Cc1cc2nc(C)c(CCC(=O)Nc3cccc(S(=O)(=O)N(C)c4ccccc4)c3)c(C)n2n1. The van der Waals surface area contributed by atoms with Crippen molar-refractivity contribution >= 4 is 33.0 Å². The van der Waals surface area contributed by atoms with Crippen molar-refractivity contribution in [1.29, 1.82) is 0 Å². The number of carbonyl (C=O) groups excluding carboxylic acids is 1. The molecule has 0 radical (unpaired) electrons. The molecule has 2 aromatic heterocycles. The van der Waals surface area contributed by atoms with E-state index < -0.39 is 10.0 Å². The number of para-hydroxylation sites is 1. The Morgan fingerprint density at radius 2 is 1.76 bits per heavy atom. The van der Waals surface area contributed by atoms with Gasteiger partial charge in [-0.25, -0.2) is 17.9 Å². The van der Waals surface area contributed by atoms with Crippen LogP contribution in [-0.2, 0) is 21.2 Å². The Morgan fingerprint density at radius 3 is 2.50 bits per heavy atom. The maximum atomic E-state index is 13.1. The minimum absolute atomic E-state index is 0.104. The van der Waals surface area contributed by atoms with Crippen molar-refractivity contribution in [3.63, 3.8) is 0 Å². The van der Waals surface area contributed by atoms with Crippen LogP contribution >= 0.6 is 0 Å². The first-order chi connectivity index (χ1) is 16.2. The van der Waals surface area contributed by atoms with Crippen molar-refractivity contribution in [1.82, 2.24) is 14.6 Å². The zero-order valence-corrected chi connectivity index (χ0v) is 20.4. The predicted octanol–water partition coefficient (Wildman–Crippen LogP) is 4.05. The van der Waals surface area contributed by atoms with Crippen LogP contribution in [0.3, 0.4) is 0 Å². The molecule has 0 aliphatic carbocycles. The highest BCUT2D eigenvalue weighted by atomic mass is 32.2. The molecule has 9 heteroatoms. The number of anilines is 2. The van der Waals surface area contributed by atoms with Crippen molar-refractivity contribution < 1.29 is 13.2 Å². The van der Waals surface area contributed by atoms with Gasteiger partial charge in [0.05, 0.1) is 16.3 Å². The number of hydrogen-bond acceptors (Lipinski definition) is 5. The van der Waals surface area contributed by atoms with Gasteiger partial charge < -0.3 is 5.32 Å². The molecule has 1 amide bonds. The lowest BCUT2D eigenvalue weighted by Crippen LogP contribution is -2.26. The standard InChI is InChI=1S/C25H27N5O3S/c1-17-15-24-26-18(2)23(19(3)30(24)28-17)13-14-25(31)27-20-9-8-12-22(16-20)34(32,33)29(4)21-10-6-5-7-11-21/h5-12,15-16H,13-14H2,1-4H3,(H,27,31). The molecule has 0 fully saturated rings. The molecule has 0 unspecified atom stereocenters. The van der Waals surface area contributed by atoms with Gasteiger partial charge in [0.25, 0.3) is 10.0 Å². The Kier molecular flexibility index (Phi) is 6.39. The van der Waals surface area contributed by atoms with Gasteiger partial charge >= 0.3 is 0 Å². The molecule has 1 N–H and O–H groups in total. The van der Waals surface area contributed by atoms with Crippen LogP contribution in [0.25, 0.3) is 5.65 Å². The second-order valence-electron chi connectivity index (χ2n) is 8.20.